The Labute approximate surface area is 122 Å². The molecule has 1 aromatic heterocycles. The van der Waals surface area contributed by atoms with Gasteiger partial charge in [-0.3, -0.25) is 4.79 Å². The van der Waals surface area contributed by atoms with E-state index in [0.717, 1.165) is 36.9 Å². The summed E-state index contributed by atoms with van der Waals surface area (Å²) in [6.07, 6.45) is 5.02. The van der Waals surface area contributed by atoms with E-state index < -0.39 is 5.54 Å². The SMILES string of the molecule is Cc1ccc(NC(=O)C2(N)CCCC2)cc1-n1cnnn1. The maximum absolute atomic E-state index is 12.3. The number of aryl methyl sites for hydroxylation is 1. The number of benzene rings is 1. The van der Waals surface area contributed by atoms with Crippen LogP contribution in [0.5, 0.6) is 0 Å². The Balaban J connectivity index is 1.83. The van der Waals surface area contributed by atoms with Gasteiger partial charge in [0.25, 0.3) is 0 Å². The summed E-state index contributed by atoms with van der Waals surface area (Å²) >= 11 is 0. The van der Waals surface area contributed by atoms with Crippen LogP contribution in [0.25, 0.3) is 5.69 Å². The molecule has 0 bridgehead atoms. The number of carbonyl (C=O) groups is 1. The van der Waals surface area contributed by atoms with Crippen LogP contribution in [0.15, 0.2) is 24.5 Å². The molecule has 7 heteroatoms. The summed E-state index contributed by atoms with van der Waals surface area (Å²) in [5.41, 5.74) is 7.98. The van der Waals surface area contributed by atoms with E-state index in [4.69, 9.17) is 5.73 Å². The predicted molar refractivity (Wildman–Crippen MR) is 77.9 cm³/mol. The van der Waals surface area contributed by atoms with Gasteiger partial charge in [-0.2, -0.15) is 0 Å². The molecule has 0 unspecified atom stereocenters. The second-order valence-electron chi connectivity index (χ2n) is 5.57. The van der Waals surface area contributed by atoms with Gasteiger partial charge in [0.05, 0.1) is 11.2 Å². The zero-order valence-electron chi connectivity index (χ0n) is 11.9. The van der Waals surface area contributed by atoms with Crippen molar-refractivity contribution >= 4 is 11.6 Å². The zero-order chi connectivity index (χ0) is 14.9. The van der Waals surface area contributed by atoms with Crippen molar-refractivity contribution in [2.45, 2.75) is 38.1 Å². The van der Waals surface area contributed by atoms with Crippen LogP contribution in [0.1, 0.15) is 31.2 Å². The van der Waals surface area contributed by atoms with Crippen LogP contribution in [-0.4, -0.2) is 31.7 Å². The molecular weight excluding hydrogens is 268 g/mol. The molecule has 0 aliphatic heterocycles. The van der Waals surface area contributed by atoms with Crippen LogP contribution in [0, 0.1) is 6.92 Å². The van der Waals surface area contributed by atoms with E-state index in [9.17, 15) is 4.79 Å². The summed E-state index contributed by atoms with van der Waals surface area (Å²) in [5, 5.41) is 14.0. The largest absolute Gasteiger partial charge is 0.324 e. The number of carbonyl (C=O) groups excluding carboxylic acids is 1. The minimum Gasteiger partial charge on any atom is -0.324 e. The summed E-state index contributed by atoms with van der Waals surface area (Å²) in [6.45, 7) is 1.96. The van der Waals surface area contributed by atoms with Gasteiger partial charge >= 0.3 is 0 Å². The second kappa shape index (κ2) is 5.25. The molecule has 0 atom stereocenters. The van der Waals surface area contributed by atoms with E-state index in [-0.39, 0.29) is 5.91 Å². The summed E-state index contributed by atoms with van der Waals surface area (Å²) in [7, 11) is 0. The number of anilines is 1. The van der Waals surface area contributed by atoms with E-state index in [1.165, 1.54) is 6.33 Å². The van der Waals surface area contributed by atoms with Gasteiger partial charge in [0.2, 0.25) is 5.91 Å². The van der Waals surface area contributed by atoms with Crippen LogP contribution >= 0.6 is 0 Å². The molecule has 2 aromatic rings. The summed E-state index contributed by atoms with van der Waals surface area (Å²) in [6, 6.07) is 5.63. The number of aromatic nitrogens is 4. The molecule has 1 amide bonds. The molecule has 21 heavy (non-hydrogen) atoms. The molecule has 0 radical (unpaired) electrons. The van der Waals surface area contributed by atoms with Crippen molar-refractivity contribution in [2.24, 2.45) is 5.73 Å². The number of nitrogens with one attached hydrogen (secondary N) is 1. The number of hydrogen-bond acceptors (Lipinski definition) is 5. The highest BCUT2D eigenvalue weighted by Crippen LogP contribution is 2.29. The van der Waals surface area contributed by atoms with E-state index in [2.05, 4.69) is 20.8 Å². The van der Waals surface area contributed by atoms with Gasteiger partial charge in [0.1, 0.15) is 6.33 Å². The molecule has 1 aliphatic carbocycles. The maximum Gasteiger partial charge on any atom is 0.244 e. The van der Waals surface area contributed by atoms with Gasteiger partial charge in [-0.1, -0.05) is 18.9 Å². The fraction of sp³-hybridized carbons (Fsp3) is 0.429. The average molecular weight is 286 g/mol. The summed E-state index contributed by atoms with van der Waals surface area (Å²) in [5.74, 6) is -0.119. The highest BCUT2D eigenvalue weighted by Gasteiger charge is 2.36. The van der Waals surface area contributed by atoms with Gasteiger partial charge < -0.3 is 11.1 Å². The molecule has 0 saturated heterocycles. The Morgan fingerprint density at radius 2 is 2.14 bits per heavy atom. The Morgan fingerprint density at radius 3 is 2.81 bits per heavy atom. The Morgan fingerprint density at radius 1 is 1.38 bits per heavy atom. The first-order valence-corrected chi connectivity index (χ1v) is 7.03. The quantitative estimate of drug-likeness (QED) is 0.882. The van der Waals surface area contributed by atoms with E-state index in [0.29, 0.717) is 5.69 Å². The lowest BCUT2D eigenvalue weighted by atomic mass is 9.98. The number of nitrogens with zero attached hydrogens (tertiary/aromatic N) is 4. The number of nitrogens with two attached hydrogens (primary N) is 1. The van der Waals surface area contributed by atoms with Gasteiger partial charge in [0, 0.05) is 5.69 Å². The van der Waals surface area contributed by atoms with Crippen LogP contribution < -0.4 is 11.1 Å². The van der Waals surface area contributed by atoms with Crippen molar-refractivity contribution in [3.63, 3.8) is 0 Å². The number of amides is 1. The number of hydrogen-bond donors (Lipinski definition) is 2. The minimum absolute atomic E-state index is 0.119. The normalized spacial score (nSPS) is 16.9. The molecule has 1 aromatic carbocycles. The molecule has 0 spiro atoms. The fourth-order valence-corrected chi connectivity index (χ4v) is 2.69. The summed E-state index contributed by atoms with van der Waals surface area (Å²) in [4.78, 5) is 12.3. The number of rotatable bonds is 3. The predicted octanol–water partition coefficient (Wildman–Crippen LogP) is 1.18. The van der Waals surface area contributed by atoms with Crippen molar-refractivity contribution in [1.82, 2.24) is 20.2 Å². The molecule has 7 nitrogen and oxygen atoms in total. The second-order valence-corrected chi connectivity index (χ2v) is 5.57. The first kappa shape index (κ1) is 13.7. The Bertz CT molecular complexity index is 645. The topological polar surface area (TPSA) is 98.7 Å². The van der Waals surface area contributed by atoms with Crippen LogP contribution in [-0.2, 0) is 4.79 Å². The van der Waals surface area contributed by atoms with Crippen molar-refractivity contribution in [3.05, 3.63) is 30.1 Å². The molecular formula is C14H18N6O. The zero-order valence-corrected chi connectivity index (χ0v) is 11.9. The third-order valence-corrected chi connectivity index (χ3v) is 4.01. The van der Waals surface area contributed by atoms with Gasteiger partial charge in [-0.15, -0.1) is 5.10 Å². The van der Waals surface area contributed by atoms with Crippen molar-refractivity contribution in [1.29, 1.82) is 0 Å². The fourth-order valence-electron chi connectivity index (χ4n) is 2.69. The lowest BCUT2D eigenvalue weighted by molar-refractivity contribution is -0.121. The maximum atomic E-state index is 12.3. The monoisotopic (exact) mass is 286 g/mol. The first-order valence-electron chi connectivity index (χ1n) is 7.03. The van der Waals surface area contributed by atoms with E-state index in [1.807, 2.05) is 25.1 Å². The van der Waals surface area contributed by atoms with Gasteiger partial charge in [0.15, 0.2) is 0 Å². The van der Waals surface area contributed by atoms with Gasteiger partial charge in [-0.05, 0) is 47.9 Å². The summed E-state index contributed by atoms with van der Waals surface area (Å²) < 4.78 is 1.57. The van der Waals surface area contributed by atoms with E-state index >= 15 is 0 Å². The van der Waals surface area contributed by atoms with Gasteiger partial charge in [-0.25, -0.2) is 4.68 Å². The third-order valence-electron chi connectivity index (χ3n) is 4.01. The molecule has 110 valence electrons. The Hall–Kier alpha value is -2.28. The van der Waals surface area contributed by atoms with Crippen LogP contribution in [0.3, 0.4) is 0 Å². The number of tetrazole rings is 1. The minimum atomic E-state index is -0.736. The molecule has 3 rings (SSSR count). The van der Waals surface area contributed by atoms with Crippen molar-refractivity contribution < 1.29 is 4.79 Å². The first-order chi connectivity index (χ1) is 10.1. The molecule has 1 aliphatic rings. The lowest BCUT2D eigenvalue weighted by Crippen LogP contribution is -2.48. The van der Waals surface area contributed by atoms with Crippen molar-refractivity contribution in [3.8, 4) is 5.69 Å². The van der Waals surface area contributed by atoms with E-state index in [1.54, 1.807) is 4.68 Å². The molecule has 1 saturated carbocycles. The molecule has 1 heterocycles. The average Bonchev–Trinajstić information content (AvgIpc) is 3.13. The molecule has 3 N–H and O–H groups in total. The highest BCUT2D eigenvalue weighted by molar-refractivity contribution is 5.98. The molecule has 1 fully saturated rings. The van der Waals surface area contributed by atoms with Crippen molar-refractivity contribution in [2.75, 3.05) is 5.32 Å². The van der Waals surface area contributed by atoms with Crippen LogP contribution in [0.2, 0.25) is 0 Å². The third kappa shape index (κ3) is 2.64. The smallest absolute Gasteiger partial charge is 0.244 e. The van der Waals surface area contributed by atoms with Crippen LogP contribution in [0.4, 0.5) is 5.69 Å². The highest BCUT2D eigenvalue weighted by atomic mass is 16.2. The standard InChI is InChI=1S/C14H18N6O/c1-10-4-5-11(8-12(10)20-9-16-18-19-20)17-13(21)14(15)6-2-3-7-14/h4-5,8-9H,2-3,6-7,15H2,1H3,(H,17,21). The lowest BCUT2D eigenvalue weighted by Gasteiger charge is -2.22. The Kier molecular flexibility index (Phi) is 3.42.